The van der Waals surface area contributed by atoms with E-state index in [4.69, 9.17) is 4.43 Å². The predicted octanol–water partition coefficient (Wildman–Crippen LogP) is 5.35. The van der Waals surface area contributed by atoms with E-state index in [-0.39, 0.29) is 11.0 Å². The Morgan fingerprint density at radius 2 is 1.95 bits per heavy atom. The molecule has 0 aromatic rings. The third-order valence-electron chi connectivity index (χ3n) is 5.41. The van der Waals surface area contributed by atoms with E-state index in [1.54, 1.807) is 0 Å². The van der Waals surface area contributed by atoms with Gasteiger partial charge in [0.15, 0.2) is 8.32 Å². The highest BCUT2D eigenvalue weighted by Gasteiger charge is 2.37. The van der Waals surface area contributed by atoms with Crippen LogP contribution in [0.5, 0.6) is 0 Å². The van der Waals surface area contributed by atoms with Crippen molar-refractivity contribution in [2.45, 2.75) is 77.9 Å². The lowest BCUT2D eigenvalue weighted by Crippen LogP contribution is -2.40. The lowest BCUT2D eigenvalue weighted by molar-refractivity contribution is -0.121. The van der Waals surface area contributed by atoms with Gasteiger partial charge in [-0.3, -0.25) is 4.79 Å². The van der Waals surface area contributed by atoms with Crippen molar-refractivity contribution in [3.8, 4) is 0 Å². The van der Waals surface area contributed by atoms with Gasteiger partial charge in [-0.2, -0.15) is 0 Å². The molecule has 2 atom stereocenters. The molecule has 0 bridgehead atoms. The Hall–Kier alpha value is -0.413. The van der Waals surface area contributed by atoms with E-state index in [1.165, 1.54) is 5.57 Å². The molecule has 122 valence electrons. The summed E-state index contributed by atoms with van der Waals surface area (Å²) in [7, 11) is -1.61. The first-order valence-electron chi connectivity index (χ1n) is 8.38. The summed E-state index contributed by atoms with van der Waals surface area (Å²) < 4.78 is 6.20. The molecule has 0 saturated heterocycles. The van der Waals surface area contributed by atoms with Gasteiger partial charge in [0.2, 0.25) is 0 Å². The minimum Gasteiger partial charge on any atom is -0.417 e. The summed E-state index contributed by atoms with van der Waals surface area (Å²) in [6, 6.07) is 0. The molecule has 1 rings (SSSR count). The van der Waals surface area contributed by atoms with E-state index in [0.29, 0.717) is 11.7 Å². The molecule has 1 aliphatic rings. The Balaban J connectivity index is 2.31. The summed E-state index contributed by atoms with van der Waals surface area (Å²) in [4.78, 5) is 12.0. The highest BCUT2D eigenvalue weighted by molar-refractivity contribution is 6.74. The standard InChI is InChI=1S/C18H34O2Si/c1-14(2)15-11-12-17(19)16(15)10-8-9-13-20-21(6,7)18(3,4)5/h15-16H,1,8-13H2,2-7H3/t15-,16+/m1/s1. The molecule has 0 radical (unpaired) electrons. The molecule has 0 aliphatic heterocycles. The first kappa shape index (κ1) is 18.6. The molecule has 0 aromatic heterocycles. The summed E-state index contributed by atoms with van der Waals surface area (Å²) in [6.07, 6.45) is 4.94. The summed E-state index contributed by atoms with van der Waals surface area (Å²) in [5.41, 5.74) is 1.18. The van der Waals surface area contributed by atoms with Crippen LogP contribution in [-0.4, -0.2) is 20.7 Å². The number of carbonyl (C=O) groups is 1. The second-order valence-electron chi connectivity index (χ2n) is 8.17. The second-order valence-corrected chi connectivity index (χ2v) is 13.0. The molecule has 1 saturated carbocycles. The molecule has 0 amide bonds. The Morgan fingerprint density at radius 3 is 2.48 bits per heavy atom. The molecule has 3 heteroatoms. The highest BCUT2D eigenvalue weighted by atomic mass is 28.4. The highest BCUT2D eigenvalue weighted by Crippen LogP contribution is 2.38. The maximum absolute atomic E-state index is 12.0. The van der Waals surface area contributed by atoms with Crippen molar-refractivity contribution in [2.75, 3.05) is 6.61 Å². The minimum absolute atomic E-state index is 0.232. The van der Waals surface area contributed by atoms with Crippen molar-refractivity contribution in [1.82, 2.24) is 0 Å². The van der Waals surface area contributed by atoms with E-state index in [9.17, 15) is 4.79 Å². The molecule has 0 unspecified atom stereocenters. The van der Waals surface area contributed by atoms with Crippen molar-refractivity contribution >= 4 is 14.1 Å². The zero-order valence-corrected chi connectivity index (χ0v) is 15.9. The number of unbranched alkanes of at least 4 members (excludes halogenated alkanes) is 1. The molecule has 0 spiro atoms. The number of rotatable bonds is 7. The van der Waals surface area contributed by atoms with Crippen molar-refractivity contribution in [3.63, 3.8) is 0 Å². The van der Waals surface area contributed by atoms with Crippen LogP contribution in [0, 0.1) is 11.8 Å². The van der Waals surface area contributed by atoms with Crippen molar-refractivity contribution in [1.29, 1.82) is 0 Å². The first-order valence-corrected chi connectivity index (χ1v) is 11.3. The summed E-state index contributed by atoms with van der Waals surface area (Å²) in [6.45, 7) is 18.4. The van der Waals surface area contributed by atoms with Gasteiger partial charge in [-0.25, -0.2) is 0 Å². The number of hydrogen-bond acceptors (Lipinski definition) is 2. The van der Waals surface area contributed by atoms with Crippen LogP contribution in [0.3, 0.4) is 0 Å². The van der Waals surface area contributed by atoms with E-state index in [1.807, 2.05) is 0 Å². The second kappa shape index (κ2) is 7.23. The van der Waals surface area contributed by atoms with Gasteiger partial charge in [0.25, 0.3) is 0 Å². The summed E-state index contributed by atoms with van der Waals surface area (Å²) in [5.74, 6) is 1.11. The monoisotopic (exact) mass is 310 g/mol. The average Bonchev–Trinajstić information content (AvgIpc) is 2.69. The quantitative estimate of drug-likeness (QED) is 0.360. The van der Waals surface area contributed by atoms with Crippen LogP contribution in [0.1, 0.15) is 59.8 Å². The van der Waals surface area contributed by atoms with Crippen LogP contribution in [0.4, 0.5) is 0 Å². The molecule has 0 aromatic carbocycles. The van der Waals surface area contributed by atoms with Crippen molar-refractivity contribution < 1.29 is 9.22 Å². The molecular formula is C18H34O2Si. The first-order chi connectivity index (χ1) is 9.56. The van der Waals surface area contributed by atoms with Gasteiger partial charge in [-0.15, -0.1) is 0 Å². The predicted molar refractivity (Wildman–Crippen MR) is 93.0 cm³/mol. The fourth-order valence-corrected chi connectivity index (χ4v) is 3.96. The number of ketones is 1. The number of Topliss-reactive ketones (excluding diaryl/α,β-unsaturated/α-hetero) is 1. The molecule has 1 aliphatic carbocycles. The SMILES string of the molecule is C=C(C)[C@H]1CCC(=O)[C@H]1CCCCO[Si](C)(C)C(C)(C)C. The van der Waals surface area contributed by atoms with E-state index >= 15 is 0 Å². The normalized spacial score (nSPS) is 23.6. The number of hydrogen-bond donors (Lipinski definition) is 0. The van der Waals surface area contributed by atoms with Gasteiger partial charge < -0.3 is 4.43 Å². The van der Waals surface area contributed by atoms with Crippen LogP contribution in [0.2, 0.25) is 18.1 Å². The molecule has 0 N–H and O–H groups in total. The zero-order valence-electron chi connectivity index (χ0n) is 14.9. The maximum Gasteiger partial charge on any atom is 0.191 e. The smallest absolute Gasteiger partial charge is 0.191 e. The fourth-order valence-electron chi connectivity index (χ4n) is 2.87. The van der Waals surface area contributed by atoms with Crippen LogP contribution in [0.15, 0.2) is 12.2 Å². The van der Waals surface area contributed by atoms with Crippen LogP contribution >= 0.6 is 0 Å². The van der Waals surface area contributed by atoms with Gasteiger partial charge in [-0.05, 0) is 50.2 Å². The Morgan fingerprint density at radius 1 is 1.33 bits per heavy atom. The lowest BCUT2D eigenvalue weighted by atomic mass is 9.86. The zero-order chi connectivity index (χ0) is 16.3. The molecular weight excluding hydrogens is 276 g/mol. The van der Waals surface area contributed by atoms with Crippen LogP contribution < -0.4 is 0 Å². The molecule has 21 heavy (non-hydrogen) atoms. The van der Waals surface area contributed by atoms with Crippen molar-refractivity contribution in [2.24, 2.45) is 11.8 Å². The molecule has 0 heterocycles. The number of carbonyl (C=O) groups excluding carboxylic acids is 1. The Bertz CT molecular complexity index is 379. The van der Waals surface area contributed by atoms with Gasteiger partial charge >= 0.3 is 0 Å². The number of allylic oxidation sites excluding steroid dienone is 1. The van der Waals surface area contributed by atoms with E-state index in [2.05, 4.69) is 47.4 Å². The van der Waals surface area contributed by atoms with Gasteiger partial charge in [0.05, 0.1) is 0 Å². The summed E-state index contributed by atoms with van der Waals surface area (Å²) >= 11 is 0. The fraction of sp³-hybridized carbons (Fsp3) is 0.833. The third kappa shape index (κ3) is 5.06. The molecule has 2 nitrogen and oxygen atoms in total. The van der Waals surface area contributed by atoms with Crippen LogP contribution in [0.25, 0.3) is 0 Å². The van der Waals surface area contributed by atoms with E-state index < -0.39 is 8.32 Å². The average molecular weight is 311 g/mol. The van der Waals surface area contributed by atoms with E-state index in [0.717, 1.165) is 38.7 Å². The third-order valence-corrected chi connectivity index (χ3v) is 9.95. The molecule has 1 fully saturated rings. The Kier molecular flexibility index (Phi) is 6.42. The topological polar surface area (TPSA) is 26.3 Å². The summed E-state index contributed by atoms with van der Waals surface area (Å²) in [5, 5.41) is 0.277. The van der Waals surface area contributed by atoms with Crippen molar-refractivity contribution in [3.05, 3.63) is 12.2 Å². The Labute approximate surface area is 132 Å². The maximum atomic E-state index is 12.0. The lowest BCUT2D eigenvalue weighted by Gasteiger charge is -2.36. The van der Waals surface area contributed by atoms with Crippen LogP contribution in [-0.2, 0) is 9.22 Å². The van der Waals surface area contributed by atoms with Gasteiger partial charge in [0.1, 0.15) is 5.78 Å². The minimum atomic E-state index is -1.61. The van der Waals surface area contributed by atoms with Gasteiger partial charge in [0, 0.05) is 18.9 Å². The van der Waals surface area contributed by atoms with Gasteiger partial charge in [-0.1, -0.05) is 39.3 Å². The largest absolute Gasteiger partial charge is 0.417 e.